The van der Waals surface area contributed by atoms with Crippen LogP contribution in [0.2, 0.25) is 0 Å². The van der Waals surface area contributed by atoms with E-state index in [0.717, 1.165) is 58.3 Å². The molecule has 0 spiro atoms. The van der Waals surface area contributed by atoms with Crippen molar-refractivity contribution >= 4 is 11.9 Å². The number of nitrogens with zero attached hydrogens (tertiary/aromatic N) is 1. The minimum atomic E-state index is -0.778. The van der Waals surface area contributed by atoms with E-state index in [1.165, 1.54) is 12.1 Å². The highest BCUT2D eigenvalue weighted by Gasteiger charge is 2.29. The molecule has 7 heteroatoms. The van der Waals surface area contributed by atoms with Gasteiger partial charge in [-0.1, -0.05) is 79.6 Å². The molecule has 0 atom stereocenters. The average Bonchev–Trinajstić information content (AvgIpc) is 3.34. The summed E-state index contributed by atoms with van der Waals surface area (Å²) < 4.78 is 16.2. The molecule has 1 aromatic heterocycles. The van der Waals surface area contributed by atoms with Crippen LogP contribution >= 0.6 is 0 Å². The molecule has 0 saturated carbocycles. The molecule has 0 unspecified atom stereocenters. The first kappa shape index (κ1) is 30.7. The molecule has 4 N–H and O–H groups in total. The van der Waals surface area contributed by atoms with Gasteiger partial charge in [-0.15, -0.1) is 0 Å². The summed E-state index contributed by atoms with van der Waals surface area (Å²) in [6.45, 7) is 4.92. The Labute approximate surface area is 247 Å². The van der Waals surface area contributed by atoms with Crippen LogP contribution in [0.4, 0.5) is 4.39 Å². The number of aliphatic carboxylic acids is 1. The quantitative estimate of drug-likeness (QED) is 0.137. The van der Waals surface area contributed by atoms with Gasteiger partial charge in [0.2, 0.25) is 0 Å². The van der Waals surface area contributed by atoms with Crippen molar-refractivity contribution in [3.05, 3.63) is 107 Å². The molecule has 0 bridgehead atoms. The van der Waals surface area contributed by atoms with E-state index in [1.807, 2.05) is 54.6 Å². The number of rotatable bonds is 14. The first-order chi connectivity index (χ1) is 20.3. The molecular weight excluding hydrogens is 529 g/mol. The average molecular weight is 570 g/mol. The lowest BCUT2D eigenvalue weighted by molar-refractivity contribution is -0.137. The third-order valence-corrected chi connectivity index (χ3v) is 7.47. The minimum Gasteiger partial charge on any atom is -0.481 e. The molecule has 0 saturated heterocycles. The Morgan fingerprint density at radius 1 is 0.857 bits per heavy atom. The molecule has 0 radical (unpaired) electrons. The van der Waals surface area contributed by atoms with Gasteiger partial charge in [-0.25, -0.2) is 4.39 Å². The number of nitrogens with two attached hydrogens (primary N) is 1. The van der Waals surface area contributed by atoms with Crippen LogP contribution in [0.15, 0.2) is 78.9 Å². The molecule has 0 aliphatic rings. The second kappa shape index (κ2) is 14.6. The monoisotopic (exact) mass is 569 g/mol. The van der Waals surface area contributed by atoms with Crippen molar-refractivity contribution in [2.24, 2.45) is 5.73 Å². The van der Waals surface area contributed by atoms with Crippen molar-refractivity contribution in [3.63, 3.8) is 0 Å². The number of carboxylic acids is 1. The van der Waals surface area contributed by atoms with E-state index in [0.29, 0.717) is 31.6 Å². The lowest BCUT2D eigenvalue weighted by Crippen LogP contribution is -2.27. The summed E-state index contributed by atoms with van der Waals surface area (Å²) in [4.78, 5) is 25.1. The van der Waals surface area contributed by atoms with Crippen molar-refractivity contribution in [2.45, 2.75) is 71.5 Å². The molecule has 3 aromatic carbocycles. The molecule has 6 nitrogen and oxygen atoms in total. The van der Waals surface area contributed by atoms with Crippen LogP contribution < -0.4 is 11.1 Å². The fourth-order valence-corrected chi connectivity index (χ4v) is 5.55. The van der Waals surface area contributed by atoms with Crippen LogP contribution in [0.5, 0.6) is 0 Å². The summed E-state index contributed by atoms with van der Waals surface area (Å²) in [5.74, 6) is -1.28. The Morgan fingerprint density at radius 2 is 1.52 bits per heavy atom. The number of carbonyl (C=O) groups is 2. The standard InChI is InChI=1S/C35H40FN3O3/c1-24(2)39-30(15-8-3-4-9-16-31(40)41)32(28-17-19-29(36)20-18-28)33(27-13-6-5-7-14-27)34(39)35(42)38-23-26-12-10-11-25(21-26)22-37/h5-7,10-14,17-21,24H,3-4,8-9,15-16,22-23,37H2,1-2H3,(H,38,42)(H,40,41). The Hall–Kier alpha value is -4.23. The second-order valence-electron chi connectivity index (χ2n) is 10.9. The highest BCUT2D eigenvalue weighted by atomic mass is 19.1. The first-order valence-electron chi connectivity index (χ1n) is 14.7. The van der Waals surface area contributed by atoms with Crippen LogP contribution in [-0.2, 0) is 24.3 Å². The van der Waals surface area contributed by atoms with Crippen LogP contribution in [-0.4, -0.2) is 21.6 Å². The highest BCUT2D eigenvalue weighted by Crippen LogP contribution is 2.42. The summed E-state index contributed by atoms with van der Waals surface area (Å²) in [5.41, 5.74) is 12.9. The normalized spacial score (nSPS) is 11.2. The predicted octanol–water partition coefficient (Wildman–Crippen LogP) is 7.51. The van der Waals surface area contributed by atoms with Crippen molar-refractivity contribution in [1.82, 2.24) is 9.88 Å². The number of nitrogens with one attached hydrogen (secondary N) is 1. The maximum atomic E-state index is 14.1. The summed E-state index contributed by atoms with van der Waals surface area (Å²) >= 11 is 0. The van der Waals surface area contributed by atoms with E-state index >= 15 is 0 Å². The summed E-state index contributed by atoms with van der Waals surface area (Å²) in [6, 6.07) is 24.2. The number of unbranched alkanes of at least 4 members (excludes halogenated alkanes) is 3. The van der Waals surface area contributed by atoms with Gasteiger partial charge in [0.25, 0.3) is 5.91 Å². The maximum absolute atomic E-state index is 14.1. The zero-order valence-electron chi connectivity index (χ0n) is 24.4. The van der Waals surface area contributed by atoms with Gasteiger partial charge in [-0.05, 0) is 67.5 Å². The van der Waals surface area contributed by atoms with Crippen molar-refractivity contribution < 1.29 is 19.1 Å². The van der Waals surface area contributed by atoms with E-state index < -0.39 is 5.97 Å². The third-order valence-electron chi connectivity index (χ3n) is 7.47. The molecule has 4 aromatic rings. The van der Waals surface area contributed by atoms with Gasteiger partial charge in [-0.3, -0.25) is 9.59 Å². The van der Waals surface area contributed by atoms with Crippen LogP contribution in [0, 0.1) is 5.82 Å². The lowest BCUT2D eigenvalue weighted by atomic mass is 9.93. The smallest absolute Gasteiger partial charge is 0.303 e. The Kier molecular flexibility index (Phi) is 10.7. The summed E-state index contributed by atoms with van der Waals surface area (Å²) in [6.07, 6.45) is 4.04. The molecule has 0 aliphatic heterocycles. The van der Waals surface area contributed by atoms with E-state index in [9.17, 15) is 14.0 Å². The van der Waals surface area contributed by atoms with Crippen molar-refractivity contribution in [1.29, 1.82) is 0 Å². The molecule has 0 aliphatic carbocycles. The number of carbonyl (C=O) groups excluding carboxylic acids is 1. The Morgan fingerprint density at radius 3 is 2.19 bits per heavy atom. The van der Waals surface area contributed by atoms with Crippen LogP contribution in [0.3, 0.4) is 0 Å². The van der Waals surface area contributed by atoms with E-state index in [2.05, 4.69) is 23.7 Å². The maximum Gasteiger partial charge on any atom is 0.303 e. The van der Waals surface area contributed by atoms with Crippen molar-refractivity contribution in [3.8, 4) is 22.3 Å². The van der Waals surface area contributed by atoms with E-state index in [4.69, 9.17) is 10.8 Å². The summed E-state index contributed by atoms with van der Waals surface area (Å²) in [7, 11) is 0. The van der Waals surface area contributed by atoms with E-state index in [1.54, 1.807) is 12.1 Å². The fraction of sp³-hybridized carbons (Fsp3) is 0.314. The zero-order valence-corrected chi connectivity index (χ0v) is 24.4. The summed E-state index contributed by atoms with van der Waals surface area (Å²) in [5, 5.41) is 12.1. The molecule has 1 heterocycles. The number of halogens is 1. The number of carboxylic acid groups (broad SMARTS) is 1. The Bertz CT molecular complexity index is 1490. The lowest BCUT2D eigenvalue weighted by Gasteiger charge is -2.18. The molecule has 42 heavy (non-hydrogen) atoms. The number of hydrogen-bond donors (Lipinski definition) is 3. The molecule has 0 fully saturated rings. The van der Waals surface area contributed by atoms with Crippen molar-refractivity contribution in [2.75, 3.05) is 0 Å². The molecular formula is C35H40FN3O3. The fourth-order valence-electron chi connectivity index (χ4n) is 5.55. The van der Waals surface area contributed by atoms with Gasteiger partial charge < -0.3 is 20.7 Å². The van der Waals surface area contributed by atoms with Gasteiger partial charge in [0.05, 0.1) is 0 Å². The molecule has 1 amide bonds. The van der Waals surface area contributed by atoms with Gasteiger partial charge in [0, 0.05) is 42.4 Å². The number of benzene rings is 3. The van der Waals surface area contributed by atoms with Gasteiger partial charge in [-0.2, -0.15) is 0 Å². The van der Waals surface area contributed by atoms with Gasteiger partial charge >= 0.3 is 5.97 Å². The zero-order chi connectivity index (χ0) is 30.1. The molecule has 220 valence electrons. The van der Waals surface area contributed by atoms with Crippen LogP contribution in [0.1, 0.15) is 79.3 Å². The minimum absolute atomic E-state index is 0.0232. The highest BCUT2D eigenvalue weighted by molar-refractivity contribution is 6.05. The van der Waals surface area contributed by atoms with Gasteiger partial charge in [0.15, 0.2) is 0 Å². The topological polar surface area (TPSA) is 97.3 Å². The number of aromatic nitrogens is 1. The number of hydrogen-bond acceptors (Lipinski definition) is 3. The van der Waals surface area contributed by atoms with E-state index in [-0.39, 0.29) is 24.2 Å². The first-order valence-corrected chi connectivity index (χ1v) is 14.7. The number of amides is 1. The Balaban J connectivity index is 1.81. The predicted molar refractivity (Wildman–Crippen MR) is 166 cm³/mol. The SMILES string of the molecule is CC(C)n1c(CCCCCCC(=O)O)c(-c2ccc(F)cc2)c(-c2ccccc2)c1C(=O)NCc1cccc(CN)c1. The molecule has 4 rings (SSSR count). The largest absolute Gasteiger partial charge is 0.481 e. The van der Waals surface area contributed by atoms with Crippen LogP contribution in [0.25, 0.3) is 22.3 Å². The second-order valence-corrected chi connectivity index (χ2v) is 10.9. The third kappa shape index (κ3) is 7.53. The van der Waals surface area contributed by atoms with Gasteiger partial charge in [0.1, 0.15) is 11.5 Å².